The Bertz CT molecular complexity index is 804. The first kappa shape index (κ1) is 14.4. The van der Waals surface area contributed by atoms with Crippen molar-refractivity contribution < 1.29 is 9.84 Å². The third-order valence-electron chi connectivity index (χ3n) is 3.28. The lowest BCUT2D eigenvalue weighted by Gasteiger charge is -2.07. The van der Waals surface area contributed by atoms with Crippen LogP contribution in [0.25, 0.3) is 22.5 Å². The van der Waals surface area contributed by atoms with Gasteiger partial charge in [0, 0.05) is 16.1 Å². The molecule has 3 rings (SSSR count). The number of rotatable bonds is 3. The zero-order chi connectivity index (χ0) is 15.5. The largest absolute Gasteiger partial charge is 0.504 e. The maximum absolute atomic E-state index is 9.89. The summed E-state index contributed by atoms with van der Waals surface area (Å²) in [5.41, 5.74) is 3.25. The first-order valence-electron chi connectivity index (χ1n) is 6.63. The molecule has 0 atom stereocenters. The minimum Gasteiger partial charge on any atom is -0.504 e. The van der Waals surface area contributed by atoms with E-state index in [1.807, 2.05) is 36.4 Å². The molecule has 0 unspecified atom stereocenters. The molecule has 0 amide bonds. The zero-order valence-corrected chi connectivity index (χ0v) is 12.6. The zero-order valence-electron chi connectivity index (χ0n) is 11.8. The summed E-state index contributed by atoms with van der Waals surface area (Å²) in [6.07, 6.45) is 1.50. The molecule has 0 aliphatic heterocycles. The van der Waals surface area contributed by atoms with Crippen LogP contribution in [0.15, 0.2) is 54.9 Å². The Balaban J connectivity index is 2.00. The molecule has 3 aromatic rings. The third kappa shape index (κ3) is 2.87. The molecule has 110 valence electrons. The molecule has 2 aromatic carbocycles. The van der Waals surface area contributed by atoms with E-state index >= 15 is 0 Å². The van der Waals surface area contributed by atoms with Gasteiger partial charge in [0.25, 0.3) is 0 Å². The quantitative estimate of drug-likeness (QED) is 0.788. The first-order chi connectivity index (χ1) is 10.7. The van der Waals surface area contributed by atoms with Crippen LogP contribution in [0.2, 0.25) is 5.02 Å². The van der Waals surface area contributed by atoms with Crippen LogP contribution in [0.1, 0.15) is 0 Å². The normalized spacial score (nSPS) is 10.5. The van der Waals surface area contributed by atoms with E-state index in [4.69, 9.17) is 16.3 Å². The third-order valence-corrected chi connectivity index (χ3v) is 3.53. The average molecular weight is 313 g/mol. The highest BCUT2D eigenvalue weighted by molar-refractivity contribution is 6.30. The SMILES string of the molecule is COc1ccc(-c2cc(-c3ccc(Cl)cc3)ncn2)cc1O. The maximum atomic E-state index is 9.89. The number of phenolic OH excluding ortho intramolecular Hbond substituents is 1. The molecule has 0 bridgehead atoms. The number of hydrogen-bond acceptors (Lipinski definition) is 4. The van der Waals surface area contributed by atoms with Crippen LogP contribution in [-0.4, -0.2) is 22.2 Å². The van der Waals surface area contributed by atoms with Gasteiger partial charge in [-0.15, -0.1) is 0 Å². The van der Waals surface area contributed by atoms with E-state index in [0.29, 0.717) is 10.8 Å². The second kappa shape index (κ2) is 6.03. The maximum Gasteiger partial charge on any atom is 0.160 e. The molecule has 0 spiro atoms. The number of ether oxygens (including phenoxy) is 1. The molecule has 0 saturated carbocycles. The summed E-state index contributed by atoms with van der Waals surface area (Å²) in [6.45, 7) is 0. The molecule has 1 N–H and O–H groups in total. The van der Waals surface area contributed by atoms with Crippen molar-refractivity contribution in [1.29, 1.82) is 0 Å². The van der Waals surface area contributed by atoms with Crippen molar-refractivity contribution in [2.45, 2.75) is 0 Å². The van der Waals surface area contributed by atoms with Gasteiger partial charge in [0.15, 0.2) is 11.5 Å². The molecule has 22 heavy (non-hydrogen) atoms. The molecule has 1 aromatic heterocycles. The van der Waals surface area contributed by atoms with Gasteiger partial charge >= 0.3 is 0 Å². The number of halogens is 1. The molecule has 0 radical (unpaired) electrons. The fourth-order valence-electron chi connectivity index (χ4n) is 2.14. The van der Waals surface area contributed by atoms with Crippen LogP contribution in [0.4, 0.5) is 0 Å². The number of methoxy groups -OCH3 is 1. The highest BCUT2D eigenvalue weighted by atomic mass is 35.5. The lowest BCUT2D eigenvalue weighted by Crippen LogP contribution is -1.90. The lowest BCUT2D eigenvalue weighted by atomic mass is 10.1. The van der Waals surface area contributed by atoms with E-state index in [0.717, 1.165) is 22.5 Å². The van der Waals surface area contributed by atoms with E-state index in [1.54, 1.807) is 12.1 Å². The van der Waals surface area contributed by atoms with Crippen LogP contribution in [-0.2, 0) is 0 Å². The Hall–Kier alpha value is -2.59. The van der Waals surface area contributed by atoms with Crippen molar-refractivity contribution in [2.24, 2.45) is 0 Å². The highest BCUT2D eigenvalue weighted by Gasteiger charge is 2.07. The summed E-state index contributed by atoms with van der Waals surface area (Å²) in [5, 5.41) is 10.6. The van der Waals surface area contributed by atoms with Crippen molar-refractivity contribution >= 4 is 11.6 Å². The Morgan fingerprint density at radius 1 is 0.909 bits per heavy atom. The van der Waals surface area contributed by atoms with Crippen LogP contribution >= 0.6 is 11.6 Å². The van der Waals surface area contributed by atoms with Crippen molar-refractivity contribution in [3.05, 3.63) is 59.9 Å². The summed E-state index contributed by atoms with van der Waals surface area (Å²) in [5.74, 6) is 0.502. The number of phenols is 1. The second-order valence-electron chi connectivity index (χ2n) is 4.68. The van der Waals surface area contributed by atoms with Crippen LogP contribution in [0.3, 0.4) is 0 Å². The Morgan fingerprint density at radius 3 is 2.18 bits per heavy atom. The number of aromatic hydroxyl groups is 1. The topological polar surface area (TPSA) is 55.2 Å². The van der Waals surface area contributed by atoms with E-state index in [-0.39, 0.29) is 5.75 Å². The Labute approximate surface area is 133 Å². The summed E-state index contributed by atoms with van der Waals surface area (Å²) in [7, 11) is 1.51. The monoisotopic (exact) mass is 312 g/mol. The number of hydrogen-bond donors (Lipinski definition) is 1. The molecular formula is C17H13ClN2O2. The fourth-order valence-corrected chi connectivity index (χ4v) is 2.27. The van der Waals surface area contributed by atoms with Crippen molar-refractivity contribution in [3.8, 4) is 34.0 Å². The van der Waals surface area contributed by atoms with Crippen molar-refractivity contribution in [3.63, 3.8) is 0 Å². The van der Waals surface area contributed by atoms with E-state index in [1.165, 1.54) is 13.4 Å². The van der Waals surface area contributed by atoms with Gasteiger partial charge in [0.1, 0.15) is 6.33 Å². The molecule has 0 fully saturated rings. The summed E-state index contributed by atoms with van der Waals surface area (Å²) in [4.78, 5) is 8.54. The Kier molecular flexibility index (Phi) is 3.94. The summed E-state index contributed by atoms with van der Waals surface area (Å²) >= 11 is 5.90. The van der Waals surface area contributed by atoms with E-state index in [2.05, 4.69) is 9.97 Å². The molecule has 0 aliphatic rings. The van der Waals surface area contributed by atoms with Crippen LogP contribution in [0.5, 0.6) is 11.5 Å². The predicted molar refractivity (Wildman–Crippen MR) is 86.1 cm³/mol. The highest BCUT2D eigenvalue weighted by Crippen LogP contribution is 2.31. The predicted octanol–water partition coefficient (Wildman–Crippen LogP) is 4.18. The minimum atomic E-state index is 0.0756. The van der Waals surface area contributed by atoms with Crippen LogP contribution in [0, 0.1) is 0 Å². The minimum absolute atomic E-state index is 0.0756. The first-order valence-corrected chi connectivity index (χ1v) is 7.00. The summed E-state index contributed by atoms with van der Waals surface area (Å²) < 4.78 is 5.04. The van der Waals surface area contributed by atoms with Gasteiger partial charge in [0.05, 0.1) is 18.5 Å². The van der Waals surface area contributed by atoms with Gasteiger partial charge in [-0.05, 0) is 36.4 Å². The molecule has 0 aliphatic carbocycles. The fraction of sp³-hybridized carbons (Fsp3) is 0.0588. The Morgan fingerprint density at radius 2 is 1.55 bits per heavy atom. The second-order valence-corrected chi connectivity index (χ2v) is 5.12. The van der Waals surface area contributed by atoms with Gasteiger partial charge in [-0.2, -0.15) is 0 Å². The number of aromatic nitrogens is 2. The van der Waals surface area contributed by atoms with E-state index in [9.17, 15) is 5.11 Å². The molecule has 5 heteroatoms. The average Bonchev–Trinajstić information content (AvgIpc) is 2.55. The van der Waals surface area contributed by atoms with E-state index < -0.39 is 0 Å². The van der Waals surface area contributed by atoms with Gasteiger partial charge < -0.3 is 9.84 Å². The van der Waals surface area contributed by atoms with Gasteiger partial charge in [-0.1, -0.05) is 23.7 Å². The van der Waals surface area contributed by atoms with Crippen molar-refractivity contribution in [1.82, 2.24) is 9.97 Å². The molecule has 0 saturated heterocycles. The smallest absolute Gasteiger partial charge is 0.160 e. The van der Waals surface area contributed by atoms with Gasteiger partial charge in [0.2, 0.25) is 0 Å². The van der Waals surface area contributed by atoms with Crippen LogP contribution < -0.4 is 4.74 Å². The van der Waals surface area contributed by atoms with Gasteiger partial charge in [-0.3, -0.25) is 0 Å². The molecule has 4 nitrogen and oxygen atoms in total. The number of nitrogens with zero attached hydrogens (tertiary/aromatic N) is 2. The molecule has 1 heterocycles. The van der Waals surface area contributed by atoms with Gasteiger partial charge in [-0.25, -0.2) is 9.97 Å². The van der Waals surface area contributed by atoms with Crippen molar-refractivity contribution in [2.75, 3.05) is 7.11 Å². The summed E-state index contributed by atoms with van der Waals surface area (Å²) in [6, 6.07) is 14.5. The standard InChI is InChI=1S/C17H13ClN2O2/c1-22-17-7-4-12(8-16(17)21)15-9-14(19-10-20-15)11-2-5-13(18)6-3-11/h2-10,21H,1H3. The molecular weight excluding hydrogens is 300 g/mol. The lowest BCUT2D eigenvalue weighted by molar-refractivity contribution is 0.373. The number of benzene rings is 2.